The Hall–Kier alpha value is -0.630. The fourth-order valence-corrected chi connectivity index (χ4v) is 1.59. The molecular formula is C11H18O2. The van der Waals surface area contributed by atoms with E-state index in [1.807, 2.05) is 13.8 Å². The zero-order valence-corrected chi connectivity index (χ0v) is 8.56. The van der Waals surface area contributed by atoms with Crippen molar-refractivity contribution in [2.45, 2.75) is 45.1 Å². The van der Waals surface area contributed by atoms with Gasteiger partial charge in [0.2, 0.25) is 0 Å². The van der Waals surface area contributed by atoms with Gasteiger partial charge in [0.15, 0.2) is 5.78 Å². The number of hydrogen-bond donors (Lipinski definition) is 0. The van der Waals surface area contributed by atoms with Crippen LogP contribution in [-0.2, 0) is 9.53 Å². The number of rotatable bonds is 4. The maximum absolute atomic E-state index is 11.7. The zero-order chi connectivity index (χ0) is 9.90. The Bertz CT molecular complexity index is 212. The summed E-state index contributed by atoms with van der Waals surface area (Å²) >= 11 is 0. The highest BCUT2D eigenvalue weighted by atomic mass is 16.5. The Morgan fingerprint density at radius 2 is 2.23 bits per heavy atom. The molecular weight excluding hydrogens is 164 g/mol. The number of carbonyl (C=O) groups excluding carboxylic acids is 1. The summed E-state index contributed by atoms with van der Waals surface area (Å²) in [6.07, 6.45) is 3.25. The monoisotopic (exact) mass is 182 g/mol. The Morgan fingerprint density at radius 1 is 1.54 bits per heavy atom. The molecule has 2 nitrogen and oxygen atoms in total. The third-order valence-electron chi connectivity index (χ3n) is 2.59. The summed E-state index contributed by atoms with van der Waals surface area (Å²) in [7, 11) is 0. The SMILES string of the molecule is C=C(C)CCC(=O)C1(C)CCCO1. The second-order valence-corrected chi connectivity index (χ2v) is 4.06. The molecule has 1 aliphatic rings. The van der Waals surface area contributed by atoms with Crippen molar-refractivity contribution in [3.63, 3.8) is 0 Å². The van der Waals surface area contributed by atoms with Crippen LogP contribution < -0.4 is 0 Å². The van der Waals surface area contributed by atoms with E-state index in [9.17, 15) is 4.79 Å². The van der Waals surface area contributed by atoms with Crippen LogP contribution in [-0.4, -0.2) is 18.0 Å². The Kier molecular flexibility index (Phi) is 3.26. The van der Waals surface area contributed by atoms with Gasteiger partial charge in [-0.25, -0.2) is 0 Å². The van der Waals surface area contributed by atoms with Crippen molar-refractivity contribution in [1.82, 2.24) is 0 Å². The molecule has 1 aliphatic heterocycles. The second kappa shape index (κ2) is 4.05. The molecule has 0 aliphatic carbocycles. The molecule has 0 radical (unpaired) electrons. The summed E-state index contributed by atoms with van der Waals surface area (Å²) in [6, 6.07) is 0. The molecule has 0 aromatic carbocycles. The normalized spacial score (nSPS) is 27.5. The first-order chi connectivity index (χ1) is 6.04. The molecule has 0 spiro atoms. The molecule has 0 amide bonds. The average molecular weight is 182 g/mol. The average Bonchev–Trinajstić information content (AvgIpc) is 2.49. The molecule has 0 bridgehead atoms. The fourth-order valence-electron chi connectivity index (χ4n) is 1.59. The Labute approximate surface area is 80.0 Å². The standard InChI is InChI=1S/C11H18O2/c1-9(2)5-6-10(12)11(3)7-4-8-13-11/h1,4-8H2,2-3H3. The number of Topliss-reactive ketones (excluding diaryl/α,β-unsaturated/α-hetero) is 1. The number of allylic oxidation sites excluding steroid dienone is 1. The van der Waals surface area contributed by atoms with Gasteiger partial charge in [0, 0.05) is 13.0 Å². The van der Waals surface area contributed by atoms with Crippen molar-refractivity contribution in [1.29, 1.82) is 0 Å². The van der Waals surface area contributed by atoms with Gasteiger partial charge in [-0.05, 0) is 33.1 Å². The number of carbonyl (C=O) groups is 1. The van der Waals surface area contributed by atoms with E-state index in [4.69, 9.17) is 4.74 Å². The van der Waals surface area contributed by atoms with Crippen LogP contribution in [0.3, 0.4) is 0 Å². The Morgan fingerprint density at radius 3 is 2.69 bits per heavy atom. The van der Waals surface area contributed by atoms with Gasteiger partial charge in [0.05, 0.1) is 0 Å². The minimum Gasteiger partial charge on any atom is -0.368 e. The first-order valence-electron chi connectivity index (χ1n) is 4.86. The van der Waals surface area contributed by atoms with Gasteiger partial charge in [-0.2, -0.15) is 0 Å². The lowest BCUT2D eigenvalue weighted by atomic mass is 9.93. The topological polar surface area (TPSA) is 26.3 Å². The van der Waals surface area contributed by atoms with Crippen LogP contribution in [0.5, 0.6) is 0 Å². The van der Waals surface area contributed by atoms with Gasteiger partial charge in [-0.1, -0.05) is 5.57 Å². The van der Waals surface area contributed by atoms with Gasteiger partial charge in [-0.3, -0.25) is 4.79 Å². The molecule has 13 heavy (non-hydrogen) atoms. The van der Waals surface area contributed by atoms with Crippen LogP contribution >= 0.6 is 0 Å². The summed E-state index contributed by atoms with van der Waals surface area (Å²) in [4.78, 5) is 11.7. The fraction of sp³-hybridized carbons (Fsp3) is 0.727. The van der Waals surface area contributed by atoms with E-state index in [2.05, 4.69) is 6.58 Å². The number of ketones is 1. The highest BCUT2D eigenvalue weighted by molar-refractivity contribution is 5.87. The van der Waals surface area contributed by atoms with Gasteiger partial charge in [0.25, 0.3) is 0 Å². The van der Waals surface area contributed by atoms with Crippen LogP contribution in [0.1, 0.15) is 39.5 Å². The van der Waals surface area contributed by atoms with E-state index in [-0.39, 0.29) is 5.78 Å². The molecule has 74 valence electrons. The predicted octanol–water partition coefficient (Wildman–Crippen LogP) is 2.48. The maximum Gasteiger partial charge on any atom is 0.164 e. The first-order valence-corrected chi connectivity index (χ1v) is 4.86. The first kappa shape index (κ1) is 10.5. The lowest BCUT2D eigenvalue weighted by Gasteiger charge is -2.21. The third-order valence-corrected chi connectivity index (χ3v) is 2.59. The van der Waals surface area contributed by atoms with Gasteiger partial charge >= 0.3 is 0 Å². The molecule has 2 heteroatoms. The summed E-state index contributed by atoms with van der Waals surface area (Å²) in [5, 5.41) is 0. The molecule has 0 saturated carbocycles. The van der Waals surface area contributed by atoms with Crippen molar-refractivity contribution in [2.75, 3.05) is 6.61 Å². The minimum atomic E-state index is -0.491. The molecule has 1 saturated heterocycles. The van der Waals surface area contributed by atoms with Crippen molar-refractivity contribution >= 4 is 5.78 Å². The number of hydrogen-bond acceptors (Lipinski definition) is 2. The highest BCUT2D eigenvalue weighted by Crippen LogP contribution is 2.27. The van der Waals surface area contributed by atoms with E-state index in [0.29, 0.717) is 6.42 Å². The van der Waals surface area contributed by atoms with Crippen LogP contribution in [0, 0.1) is 0 Å². The molecule has 0 aromatic rings. The summed E-state index contributed by atoms with van der Waals surface area (Å²) in [6.45, 7) is 8.37. The van der Waals surface area contributed by atoms with Crippen molar-refractivity contribution in [2.24, 2.45) is 0 Å². The molecule has 1 rings (SSSR count). The molecule has 1 heterocycles. The van der Waals surface area contributed by atoms with E-state index < -0.39 is 5.60 Å². The largest absolute Gasteiger partial charge is 0.368 e. The highest BCUT2D eigenvalue weighted by Gasteiger charge is 2.36. The Balaban J connectivity index is 2.42. The van der Waals surface area contributed by atoms with Gasteiger partial charge in [-0.15, -0.1) is 6.58 Å². The van der Waals surface area contributed by atoms with Crippen LogP contribution in [0.2, 0.25) is 0 Å². The predicted molar refractivity (Wildman–Crippen MR) is 52.6 cm³/mol. The zero-order valence-electron chi connectivity index (χ0n) is 8.56. The van der Waals surface area contributed by atoms with Gasteiger partial charge in [0.1, 0.15) is 5.60 Å². The van der Waals surface area contributed by atoms with E-state index in [0.717, 1.165) is 31.4 Å². The van der Waals surface area contributed by atoms with Crippen LogP contribution in [0.4, 0.5) is 0 Å². The van der Waals surface area contributed by atoms with Gasteiger partial charge < -0.3 is 4.74 Å². The van der Waals surface area contributed by atoms with E-state index in [1.165, 1.54) is 0 Å². The van der Waals surface area contributed by atoms with E-state index in [1.54, 1.807) is 0 Å². The van der Waals surface area contributed by atoms with E-state index >= 15 is 0 Å². The molecule has 0 N–H and O–H groups in total. The number of ether oxygens (including phenoxy) is 1. The van der Waals surface area contributed by atoms with Crippen LogP contribution in [0.25, 0.3) is 0 Å². The van der Waals surface area contributed by atoms with Crippen molar-refractivity contribution < 1.29 is 9.53 Å². The lowest BCUT2D eigenvalue weighted by Crippen LogP contribution is -2.34. The minimum absolute atomic E-state index is 0.230. The lowest BCUT2D eigenvalue weighted by molar-refractivity contribution is -0.137. The molecule has 1 atom stereocenters. The quantitative estimate of drug-likeness (QED) is 0.624. The molecule has 1 fully saturated rings. The smallest absolute Gasteiger partial charge is 0.164 e. The van der Waals surface area contributed by atoms with Crippen molar-refractivity contribution in [3.8, 4) is 0 Å². The molecule has 0 aromatic heterocycles. The summed E-state index contributed by atoms with van der Waals surface area (Å²) in [5.74, 6) is 0.230. The third kappa shape index (κ3) is 2.66. The maximum atomic E-state index is 11.7. The van der Waals surface area contributed by atoms with Crippen LogP contribution in [0.15, 0.2) is 12.2 Å². The van der Waals surface area contributed by atoms with Crippen molar-refractivity contribution in [3.05, 3.63) is 12.2 Å². The molecule has 1 unspecified atom stereocenters. The summed E-state index contributed by atoms with van der Waals surface area (Å²) < 4.78 is 5.46. The summed E-state index contributed by atoms with van der Waals surface area (Å²) in [5.41, 5.74) is 0.574. The second-order valence-electron chi connectivity index (χ2n) is 4.06.